The molecule has 1 amide bonds. The molecule has 0 unspecified atom stereocenters. The number of unbranched alkanes of at least 4 members (excludes halogenated alkanes) is 4. The third-order valence-corrected chi connectivity index (χ3v) is 9.02. The van der Waals surface area contributed by atoms with Crippen molar-refractivity contribution < 1.29 is 14.1 Å². The van der Waals surface area contributed by atoms with Crippen molar-refractivity contribution in [1.29, 1.82) is 0 Å². The van der Waals surface area contributed by atoms with E-state index in [0.29, 0.717) is 6.54 Å². The number of amides is 1. The van der Waals surface area contributed by atoms with Crippen LogP contribution in [0.15, 0.2) is 47.0 Å². The van der Waals surface area contributed by atoms with Gasteiger partial charge in [-0.2, -0.15) is 0 Å². The number of carbonyl (C=O) groups is 1. The van der Waals surface area contributed by atoms with Gasteiger partial charge >= 0.3 is 0 Å². The van der Waals surface area contributed by atoms with Crippen molar-refractivity contribution in [1.82, 2.24) is 29.8 Å². The molecule has 1 aliphatic rings. The van der Waals surface area contributed by atoms with Gasteiger partial charge in [-0.05, 0) is 62.1 Å². The predicted molar refractivity (Wildman–Crippen MR) is 180 cm³/mol. The van der Waals surface area contributed by atoms with E-state index < -0.39 is 0 Å². The second-order valence-corrected chi connectivity index (χ2v) is 12.3. The molecular weight excluding hydrogens is 564 g/mol. The lowest BCUT2D eigenvalue weighted by molar-refractivity contribution is -0.122. The fourth-order valence-corrected chi connectivity index (χ4v) is 6.35. The molecule has 1 N–H and O–H groups in total. The number of aromatic nitrogens is 3. The number of aryl methyl sites for hydroxylation is 4. The lowest BCUT2D eigenvalue weighted by Crippen LogP contribution is -2.50. The molecule has 9 heteroatoms. The molecule has 45 heavy (non-hydrogen) atoms. The van der Waals surface area contributed by atoms with Crippen LogP contribution in [0, 0.1) is 13.8 Å². The van der Waals surface area contributed by atoms with Crippen molar-refractivity contribution in [2.45, 2.75) is 72.3 Å². The number of hydrogen-bond donors (Lipinski definition) is 1. The third kappa shape index (κ3) is 8.73. The Labute approximate surface area is 267 Å². The van der Waals surface area contributed by atoms with Crippen LogP contribution in [-0.2, 0) is 24.2 Å². The number of nitrogens with one attached hydrogen (secondary N) is 1. The number of rotatable bonds is 16. The van der Waals surface area contributed by atoms with Crippen LogP contribution in [0.3, 0.4) is 0 Å². The maximum atomic E-state index is 12.5. The highest BCUT2D eigenvalue weighted by Crippen LogP contribution is 2.30. The second kappa shape index (κ2) is 16.0. The maximum Gasteiger partial charge on any atom is 0.234 e. The van der Waals surface area contributed by atoms with E-state index in [1.54, 1.807) is 7.11 Å². The highest BCUT2D eigenvalue weighted by Gasteiger charge is 2.20. The molecule has 5 rings (SSSR count). The molecule has 1 saturated heterocycles. The Bertz CT molecular complexity index is 1500. The van der Waals surface area contributed by atoms with Gasteiger partial charge in [0.15, 0.2) is 0 Å². The summed E-state index contributed by atoms with van der Waals surface area (Å²) in [7, 11) is 1.70. The van der Waals surface area contributed by atoms with E-state index >= 15 is 0 Å². The second-order valence-electron chi connectivity index (χ2n) is 12.3. The standard InChI is InChI=1S/C36H50N6O3/c1-5-6-7-8-9-18-37-35(43)26-41-21-19-40(20-22-41)23-24-42-33-16-13-30(36-27(2)39-45-28(36)3)25-32(33)38-34(42)17-12-29-10-14-31(44-4)15-11-29/h10-11,13-16,25H,5-9,12,17-24,26H2,1-4H3,(H,37,43). The Hall–Kier alpha value is -3.69. The van der Waals surface area contributed by atoms with Gasteiger partial charge in [0, 0.05) is 57.8 Å². The first-order valence-electron chi connectivity index (χ1n) is 16.7. The molecule has 0 saturated carbocycles. The summed E-state index contributed by atoms with van der Waals surface area (Å²) in [5.74, 6) is 2.95. The number of fused-ring (bicyclic) bond motifs is 1. The zero-order valence-corrected chi connectivity index (χ0v) is 27.6. The van der Waals surface area contributed by atoms with Gasteiger partial charge in [-0.1, -0.05) is 56.0 Å². The summed E-state index contributed by atoms with van der Waals surface area (Å²) in [6, 6.07) is 14.8. The molecular formula is C36H50N6O3. The number of piperazine rings is 1. The number of nitrogens with zero attached hydrogens (tertiary/aromatic N) is 5. The fraction of sp³-hybridized carbons (Fsp3) is 0.528. The first-order valence-corrected chi connectivity index (χ1v) is 16.7. The van der Waals surface area contributed by atoms with Crippen LogP contribution < -0.4 is 10.1 Å². The first kappa shape index (κ1) is 32.7. The zero-order valence-electron chi connectivity index (χ0n) is 27.6. The Morgan fingerprint density at radius 2 is 1.69 bits per heavy atom. The van der Waals surface area contributed by atoms with Crippen LogP contribution >= 0.6 is 0 Å². The van der Waals surface area contributed by atoms with Crippen molar-refractivity contribution in [3.8, 4) is 16.9 Å². The van der Waals surface area contributed by atoms with E-state index in [-0.39, 0.29) is 5.91 Å². The summed E-state index contributed by atoms with van der Waals surface area (Å²) in [6.07, 6.45) is 7.82. The molecule has 242 valence electrons. The minimum atomic E-state index is 0.154. The lowest BCUT2D eigenvalue weighted by atomic mass is 10.0. The van der Waals surface area contributed by atoms with E-state index in [1.807, 2.05) is 26.0 Å². The molecule has 3 heterocycles. The summed E-state index contributed by atoms with van der Waals surface area (Å²) in [5.41, 5.74) is 6.44. The average Bonchev–Trinajstić information content (AvgIpc) is 3.58. The van der Waals surface area contributed by atoms with Gasteiger partial charge in [-0.15, -0.1) is 0 Å². The number of hydrogen-bond acceptors (Lipinski definition) is 7. The third-order valence-electron chi connectivity index (χ3n) is 9.02. The SMILES string of the molecule is CCCCCCCNC(=O)CN1CCN(CCn2c(CCc3ccc(OC)cc3)nc3cc(-c4c(C)noc4C)ccc32)CC1. The van der Waals surface area contributed by atoms with Crippen LogP contribution in [0.2, 0.25) is 0 Å². The zero-order chi connectivity index (χ0) is 31.6. The molecule has 1 aliphatic heterocycles. The van der Waals surface area contributed by atoms with Crippen molar-refractivity contribution in [3.63, 3.8) is 0 Å². The number of methoxy groups -OCH3 is 1. The van der Waals surface area contributed by atoms with Gasteiger partial charge in [0.05, 0.1) is 30.4 Å². The number of benzene rings is 2. The van der Waals surface area contributed by atoms with E-state index in [1.165, 1.54) is 31.2 Å². The minimum absolute atomic E-state index is 0.154. The number of ether oxygens (including phenoxy) is 1. The van der Waals surface area contributed by atoms with Gasteiger partial charge in [0.2, 0.25) is 5.91 Å². The minimum Gasteiger partial charge on any atom is -0.497 e. The first-order chi connectivity index (χ1) is 21.9. The molecule has 0 radical (unpaired) electrons. The van der Waals surface area contributed by atoms with E-state index in [4.69, 9.17) is 14.2 Å². The maximum absolute atomic E-state index is 12.5. The summed E-state index contributed by atoms with van der Waals surface area (Å²) >= 11 is 0. The van der Waals surface area contributed by atoms with Gasteiger partial charge in [-0.3, -0.25) is 14.6 Å². The molecule has 2 aromatic carbocycles. The van der Waals surface area contributed by atoms with Crippen LogP contribution in [0.25, 0.3) is 22.2 Å². The van der Waals surface area contributed by atoms with Crippen LogP contribution in [0.5, 0.6) is 5.75 Å². The molecule has 0 atom stereocenters. The monoisotopic (exact) mass is 614 g/mol. The number of carbonyl (C=O) groups excluding carboxylic acids is 1. The highest BCUT2D eigenvalue weighted by molar-refractivity contribution is 5.83. The van der Waals surface area contributed by atoms with Crippen LogP contribution in [0.4, 0.5) is 0 Å². The molecule has 9 nitrogen and oxygen atoms in total. The Morgan fingerprint density at radius 3 is 2.40 bits per heavy atom. The molecule has 4 aromatic rings. The summed E-state index contributed by atoms with van der Waals surface area (Å²) in [4.78, 5) is 22.4. The summed E-state index contributed by atoms with van der Waals surface area (Å²) in [5, 5.41) is 7.27. The van der Waals surface area contributed by atoms with Crippen LogP contribution in [-0.4, -0.2) is 83.3 Å². The summed E-state index contributed by atoms with van der Waals surface area (Å²) in [6.45, 7) is 13.0. The molecule has 2 aromatic heterocycles. The van der Waals surface area contributed by atoms with E-state index in [0.717, 1.165) is 110 Å². The molecule has 0 bridgehead atoms. The van der Waals surface area contributed by atoms with E-state index in [2.05, 4.69) is 62.1 Å². The smallest absolute Gasteiger partial charge is 0.234 e. The van der Waals surface area contributed by atoms with Gasteiger partial charge < -0.3 is 19.1 Å². The van der Waals surface area contributed by atoms with Crippen molar-refractivity contribution >= 4 is 16.9 Å². The topological polar surface area (TPSA) is 88.7 Å². The average molecular weight is 615 g/mol. The normalized spacial score (nSPS) is 14.3. The van der Waals surface area contributed by atoms with E-state index in [9.17, 15) is 4.79 Å². The Balaban J connectivity index is 1.20. The Morgan fingerprint density at radius 1 is 0.933 bits per heavy atom. The summed E-state index contributed by atoms with van der Waals surface area (Å²) < 4.78 is 13.2. The van der Waals surface area contributed by atoms with Crippen LogP contribution in [0.1, 0.15) is 61.9 Å². The fourth-order valence-electron chi connectivity index (χ4n) is 6.35. The van der Waals surface area contributed by atoms with Crippen molar-refractivity contribution in [2.75, 3.05) is 52.9 Å². The van der Waals surface area contributed by atoms with Crippen molar-refractivity contribution in [2.24, 2.45) is 0 Å². The van der Waals surface area contributed by atoms with Crippen molar-refractivity contribution in [3.05, 3.63) is 65.3 Å². The van der Waals surface area contributed by atoms with Gasteiger partial charge in [-0.25, -0.2) is 4.98 Å². The number of imidazole rings is 1. The quantitative estimate of drug-likeness (QED) is 0.160. The lowest BCUT2D eigenvalue weighted by Gasteiger charge is -2.34. The Kier molecular flexibility index (Phi) is 11.7. The predicted octanol–water partition coefficient (Wildman–Crippen LogP) is 5.81. The van der Waals surface area contributed by atoms with Gasteiger partial charge in [0.25, 0.3) is 0 Å². The molecule has 1 fully saturated rings. The highest BCUT2D eigenvalue weighted by atomic mass is 16.5. The molecule has 0 aliphatic carbocycles. The van der Waals surface area contributed by atoms with Gasteiger partial charge in [0.1, 0.15) is 17.3 Å². The largest absolute Gasteiger partial charge is 0.497 e. The molecule has 0 spiro atoms.